The molecule has 3 heteroatoms. The molecule has 0 spiro atoms. The Balaban J connectivity index is 1.13. The second kappa shape index (κ2) is 10.0. The molecule has 0 aliphatic rings. The number of para-hydroxylation sites is 3. The lowest BCUT2D eigenvalue weighted by atomic mass is 9.98. The van der Waals surface area contributed by atoms with E-state index >= 15 is 0 Å². The average Bonchev–Trinajstić information content (AvgIpc) is 3.61. The van der Waals surface area contributed by atoms with E-state index in [1.165, 1.54) is 60.6 Å². The van der Waals surface area contributed by atoms with Crippen molar-refractivity contribution in [2.24, 2.45) is 0 Å². The third kappa shape index (κ3) is 4.05. The molecule has 0 saturated carbocycles. The predicted octanol–water partition coefficient (Wildman–Crippen LogP) is 10.8. The van der Waals surface area contributed by atoms with Crippen molar-refractivity contribution in [1.82, 2.24) is 9.13 Å². The number of nitrogens with two attached hydrogens (primary N) is 1. The number of rotatable bonds is 4. The maximum absolute atomic E-state index is 6.27. The van der Waals surface area contributed by atoms with Crippen LogP contribution in [0.15, 0.2) is 164 Å². The van der Waals surface area contributed by atoms with Gasteiger partial charge in [0.1, 0.15) is 0 Å². The Morgan fingerprint density at radius 1 is 0.311 bits per heavy atom. The highest BCUT2D eigenvalue weighted by Crippen LogP contribution is 2.38. The fourth-order valence-corrected chi connectivity index (χ4v) is 6.94. The SMILES string of the molecule is Nc1ccc2c(c1)c1cc(-c3ccc(-c4ccc5c(c4)c4ccccc4n5-c4ccccc4)cc3)ccc1n2-c1ccccc1. The second-order valence-electron chi connectivity index (χ2n) is 11.7. The first-order chi connectivity index (χ1) is 22.2. The maximum Gasteiger partial charge on any atom is 0.0542 e. The van der Waals surface area contributed by atoms with Crippen molar-refractivity contribution in [2.45, 2.75) is 0 Å². The Bertz CT molecular complexity index is 2520. The molecule has 0 radical (unpaired) electrons. The molecule has 0 fully saturated rings. The lowest BCUT2D eigenvalue weighted by Gasteiger charge is -2.09. The Morgan fingerprint density at radius 3 is 1.27 bits per heavy atom. The van der Waals surface area contributed by atoms with Crippen molar-refractivity contribution in [2.75, 3.05) is 5.73 Å². The number of benzene rings is 7. The van der Waals surface area contributed by atoms with E-state index in [2.05, 4.69) is 167 Å². The Morgan fingerprint density at radius 2 is 0.711 bits per heavy atom. The van der Waals surface area contributed by atoms with Gasteiger partial charge >= 0.3 is 0 Å². The van der Waals surface area contributed by atoms with Gasteiger partial charge in [0.15, 0.2) is 0 Å². The van der Waals surface area contributed by atoms with Crippen LogP contribution in [0.5, 0.6) is 0 Å². The molecule has 0 saturated heterocycles. The average molecular weight is 576 g/mol. The smallest absolute Gasteiger partial charge is 0.0542 e. The molecule has 2 N–H and O–H groups in total. The number of anilines is 1. The summed E-state index contributed by atoms with van der Waals surface area (Å²) in [4.78, 5) is 0. The molecule has 45 heavy (non-hydrogen) atoms. The topological polar surface area (TPSA) is 35.9 Å². The minimum absolute atomic E-state index is 0.772. The van der Waals surface area contributed by atoms with Crippen molar-refractivity contribution in [3.63, 3.8) is 0 Å². The first-order valence-corrected chi connectivity index (χ1v) is 15.3. The van der Waals surface area contributed by atoms with Gasteiger partial charge in [-0.2, -0.15) is 0 Å². The van der Waals surface area contributed by atoms with E-state index in [1.54, 1.807) is 0 Å². The fourth-order valence-electron chi connectivity index (χ4n) is 6.94. The van der Waals surface area contributed by atoms with Crippen molar-refractivity contribution in [1.29, 1.82) is 0 Å². The summed E-state index contributed by atoms with van der Waals surface area (Å²) >= 11 is 0. The van der Waals surface area contributed by atoms with Gasteiger partial charge in [-0.15, -0.1) is 0 Å². The van der Waals surface area contributed by atoms with Crippen molar-refractivity contribution in [3.05, 3.63) is 164 Å². The molecule has 0 bridgehead atoms. The van der Waals surface area contributed by atoms with Crippen LogP contribution in [0.2, 0.25) is 0 Å². The van der Waals surface area contributed by atoms with E-state index in [4.69, 9.17) is 5.73 Å². The number of fused-ring (bicyclic) bond motifs is 6. The van der Waals surface area contributed by atoms with E-state index in [-0.39, 0.29) is 0 Å². The predicted molar refractivity (Wildman–Crippen MR) is 190 cm³/mol. The van der Waals surface area contributed by atoms with Gasteiger partial charge in [0.2, 0.25) is 0 Å². The summed E-state index contributed by atoms with van der Waals surface area (Å²) in [6, 6.07) is 58.5. The zero-order valence-corrected chi connectivity index (χ0v) is 24.6. The maximum atomic E-state index is 6.27. The standard InChI is InChI=1S/C42H29N3/c43-32-21-24-42-38(27-32)37-26-31(20-23-41(37)45(42)34-11-5-2-6-12-34)29-17-15-28(16-18-29)30-19-22-40-36(25-30)35-13-7-8-14-39(35)44(40)33-9-3-1-4-10-33/h1-27H,43H2. The van der Waals surface area contributed by atoms with E-state index in [9.17, 15) is 0 Å². The van der Waals surface area contributed by atoms with Gasteiger partial charge < -0.3 is 14.9 Å². The van der Waals surface area contributed by atoms with Crippen LogP contribution in [0.1, 0.15) is 0 Å². The van der Waals surface area contributed by atoms with Gasteiger partial charge in [0.25, 0.3) is 0 Å². The molecule has 2 aromatic heterocycles. The van der Waals surface area contributed by atoms with Crippen LogP contribution >= 0.6 is 0 Å². The van der Waals surface area contributed by atoms with E-state index in [1.807, 2.05) is 6.07 Å². The number of nitrogens with zero attached hydrogens (tertiary/aromatic N) is 2. The fraction of sp³-hybridized carbons (Fsp3) is 0. The zero-order chi connectivity index (χ0) is 29.9. The molecule has 3 nitrogen and oxygen atoms in total. The zero-order valence-electron chi connectivity index (χ0n) is 24.6. The summed E-state index contributed by atoms with van der Waals surface area (Å²) < 4.78 is 4.68. The minimum Gasteiger partial charge on any atom is -0.399 e. The highest BCUT2D eigenvalue weighted by Gasteiger charge is 2.15. The van der Waals surface area contributed by atoms with Crippen molar-refractivity contribution in [3.8, 4) is 33.6 Å². The Kier molecular flexibility index (Phi) is 5.66. The number of nitrogen functional groups attached to an aromatic ring is 1. The van der Waals surface area contributed by atoms with Crippen LogP contribution in [-0.2, 0) is 0 Å². The molecule has 7 aromatic carbocycles. The molecule has 0 aliphatic heterocycles. The molecular formula is C42H29N3. The molecule has 0 aliphatic carbocycles. The Labute approximate surface area is 261 Å². The monoisotopic (exact) mass is 575 g/mol. The summed E-state index contributed by atoms with van der Waals surface area (Å²) in [5, 5.41) is 4.88. The normalized spacial score (nSPS) is 11.6. The van der Waals surface area contributed by atoms with Gasteiger partial charge in [-0.3, -0.25) is 0 Å². The van der Waals surface area contributed by atoms with Crippen LogP contribution in [-0.4, -0.2) is 9.13 Å². The number of aromatic nitrogens is 2. The summed E-state index contributed by atoms with van der Waals surface area (Å²) in [5.41, 5.74) is 18.9. The van der Waals surface area contributed by atoms with Gasteiger partial charge in [-0.25, -0.2) is 0 Å². The van der Waals surface area contributed by atoms with Crippen LogP contribution in [0, 0.1) is 0 Å². The molecule has 0 amide bonds. The van der Waals surface area contributed by atoms with Gasteiger partial charge in [0, 0.05) is 38.6 Å². The quantitative estimate of drug-likeness (QED) is 0.208. The first kappa shape index (κ1) is 25.4. The molecule has 0 unspecified atom stereocenters. The molecule has 2 heterocycles. The van der Waals surface area contributed by atoms with Crippen LogP contribution in [0.25, 0.3) is 77.2 Å². The highest BCUT2D eigenvalue weighted by molar-refractivity contribution is 6.12. The van der Waals surface area contributed by atoms with Crippen molar-refractivity contribution < 1.29 is 0 Å². The Hall–Kier alpha value is -6.06. The highest BCUT2D eigenvalue weighted by atomic mass is 15.0. The largest absolute Gasteiger partial charge is 0.399 e. The third-order valence-electron chi connectivity index (χ3n) is 9.04. The molecule has 9 rings (SSSR count). The first-order valence-electron chi connectivity index (χ1n) is 15.3. The molecule has 212 valence electrons. The molecule has 9 aromatic rings. The molecular weight excluding hydrogens is 546 g/mol. The van der Waals surface area contributed by atoms with E-state index in [0.29, 0.717) is 0 Å². The lowest BCUT2D eigenvalue weighted by Crippen LogP contribution is -1.93. The van der Waals surface area contributed by atoms with E-state index in [0.717, 1.165) is 22.3 Å². The lowest BCUT2D eigenvalue weighted by molar-refractivity contribution is 1.18. The van der Waals surface area contributed by atoms with Gasteiger partial charge in [0.05, 0.1) is 22.1 Å². The summed E-state index contributed by atoms with van der Waals surface area (Å²) in [7, 11) is 0. The number of hydrogen-bond donors (Lipinski definition) is 1. The second-order valence-corrected chi connectivity index (χ2v) is 11.7. The minimum atomic E-state index is 0.772. The van der Waals surface area contributed by atoms with Crippen LogP contribution in [0.3, 0.4) is 0 Å². The number of hydrogen-bond acceptors (Lipinski definition) is 1. The summed E-state index contributed by atoms with van der Waals surface area (Å²) in [5.74, 6) is 0. The van der Waals surface area contributed by atoms with Crippen LogP contribution in [0.4, 0.5) is 5.69 Å². The van der Waals surface area contributed by atoms with E-state index < -0.39 is 0 Å². The molecule has 0 atom stereocenters. The third-order valence-corrected chi connectivity index (χ3v) is 9.04. The summed E-state index contributed by atoms with van der Waals surface area (Å²) in [6.07, 6.45) is 0. The van der Waals surface area contributed by atoms with Crippen LogP contribution < -0.4 is 5.73 Å². The summed E-state index contributed by atoms with van der Waals surface area (Å²) in [6.45, 7) is 0. The van der Waals surface area contributed by atoms with Gasteiger partial charge in [-0.1, -0.05) is 91.0 Å². The van der Waals surface area contributed by atoms with Crippen molar-refractivity contribution >= 4 is 49.3 Å². The van der Waals surface area contributed by atoms with Gasteiger partial charge in [-0.05, 0) is 95.1 Å².